The minimum Gasteiger partial charge on any atom is -0.357 e. The van der Waals surface area contributed by atoms with Gasteiger partial charge in [0.05, 0.1) is 0 Å². The summed E-state index contributed by atoms with van der Waals surface area (Å²) in [6, 6.07) is 10.5. The number of aliphatic imine (C=N–C) groups is 1. The standard InChI is InChI=1S/C18H25BrN4/c1-18(2,15-7-5-6-8-16(15)19)13-22-17(20-3)21-11-14-9-10-23(4)12-14/h5-10,12H,11,13H2,1-4H3,(H2,20,21,22). The summed E-state index contributed by atoms with van der Waals surface area (Å²) in [4.78, 5) is 4.30. The predicted octanol–water partition coefficient (Wildman–Crippen LogP) is 3.43. The first-order chi connectivity index (χ1) is 10.9. The quantitative estimate of drug-likeness (QED) is 0.619. The van der Waals surface area contributed by atoms with Crippen LogP contribution in [0.25, 0.3) is 0 Å². The van der Waals surface area contributed by atoms with E-state index in [9.17, 15) is 0 Å². The van der Waals surface area contributed by atoms with Crippen LogP contribution in [0.2, 0.25) is 0 Å². The van der Waals surface area contributed by atoms with E-state index < -0.39 is 0 Å². The number of nitrogens with one attached hydrogen (secondary N) is 2. The summed E-state index contributed by atoms with van der Waals surface area (Å²) in [6.45, 7) is 6.01. The third-order valence-corrected chi connectivity index (χ3v) is 4.57. The van der Waals surface area contributed by atoms with E-state index in [1.54, 1.807) is 7.05 Å². The third-order valence-electron chi connectivity index (χ3n) is 3.88. The Labute approximate surface area is 147 Å². The van der Waals surface area contributed by atoms with Gasteiger partial charge in [-0.05, 0) is 23.3 Å². The van der Waals surface area contributed by atoms with Gasteiger partial charge >= 0.3 is 0 Å². The smallest absolute Gasteiger partial charge is 0.191 e. The average molecular weight is 377 g/mol. The van der Waals surface area contributed by atoms with Gasteiger partial charge < -0.3 is 15.2 Å². The Morgan fingerprint density at radius 1 is 1.22 bits per heavy atom. The molecule has 0 spiro atoms. The molecule has 23 heavy (non-hydrogen) atoms. The Morgan fingerprint density at radius 2 is 1.96 bits per heavy atom. The predicted molar refractivity (Wildman–Crippen MR) is 101 cm³/mol. The normalized spacial score (nSPS) is 12.3. The summed E-state index contributed by atoms with van der Waals surface area (Å²) in [5.74, 6) is 0.814. The SMILES string of the molecule is CN=C(NCc1ccn(C)c1)NCC(C)(C)c1ccccc1Br. The van der Waals surface area contributed by atoms with Crippen LogP contribution in [0.3, 0.4) is 0 Å². The van der Waals surface area contributed by atoms with Crippen molar-refractivity contribution in [2.24, 2.45) is 12.0 Å². The number of aryl methyl sites for hydroxylation is 1. The molecular weight excluding hydrogens is 352 g/mol. The molecule has 1 aromatic heterocycles. The van der Waals surface area contributed by atoms with Crippen molar-refractivity contribution in [2.75, 3.05) is 13.6 Å². The van der Waals surface area contributed by atoms with Crippen molar-refractivity contribution in [3.05, 3.63) is 58.3 Å². The van der Waals surface area contributed by atoms with Crippen LogP contribution in [0.1, 0.15) is 25.0 Å². The van der Waals surface area contributed by atoms with Gasteiger partial charge in [0.1, 0.15) is 0 Å². The van der Waals surface area contributed by atoms with Crippen molar-refractivity contribution >= 4 is 21.9 Å². The van der Waals surface area contributed by atoms with E-state index >= 15 is 0 Å². The number of nitrogens with zero attached hydrogens (tertiary/aromatic N) is 2. The molecule has 0 saturated carbocycles. The molecule has 1 heterocycles. The van der Waals surface area contributed by atoms with Gasteiger partial charge in [0.15, 0.2) is 5.96 Å². The molecule has 124 valence electrons. The van der Waals surface area contributed by atoms with Crippen molar-refractivity contribution in [1.82, 2.24) is 15.2 Å². The summed E-state index contributed by atoms with van der Waals surface area (Å²) in [5.41, 5.74) is 2.51. The van der Waals surface area contributed by atoms with Gasteiger partial charge in [0, 0.05) is 49.5 Å². The van der Waals surface area contributed by atoms with Crippen molar-refractivity contribution in [2.45, 2.75) is 25.8 Å². The zero-order chi connectivity index (χ0) is 16.9. The minimum atomic E-state index is -0.00946. The summed E-state index contributed by atoms with van der Waals surface area (Å²) < 4.78 is 3.18. The van der Waals surface area contributed by atoms with Crippen LogP contribution in [-0.4, -0.2) is 24.1 Å². The highest BCUT2D eigenvalue weighted by Gasteiger charge is 2.23. The van der Waals surface area contributed by atoms with Gasteiger partial charge in [-0.2, -0.15) is 0 Å². The van der Waals surface area contributed by atoms with Crippen molar-refractivity contribution in [3.8, 4) is 0 Å². The molecule has 0 unspecified atom stereocenters. The first-order valence-electron chi connectivity index (χ1n) is 7.73. The first-order valence-corrected chi connectivity index (χ1v) is 8.52. The number of halogens is 1. The highest BCUT2D eigenvalue weighted by atomic mass is 79.9. The lowest BCUT2D eigenvalue weighted by atomic mass is 9.84. The number of aromatic nitrogens is 1. The lowest BCUT2D eigenvalue weighted by Gasteiger charge is -2.27. The van der Waals surface area contributed by atoms with Crippen LogP contribution < -0.4 is 10.6 Å². The molecule has 4 nitrogen and oxygen atoms in total. The lowest BCUT2D eigenvalue weighted by molar-refractivity contribution is 0.506. The minimum absolute atomic E-state index is 0.00946. The highest BCUT2D eigenvalue weighted by Crippen LogP contribution is 2.29. The van der Waals surface area contributed by atoms with E-state index in [2.05, 4.69) is 75.9 Å². The third kappa shape index (κ3) is 4.86. The maximum Gasteiger partial charge on any atom is 0.191 e. The zero-order valence-corrected chi connectivity index (χ0v) is 15.8. The monoisotopic (exact) mass is 376 g/mol. The summed E-state index contributed by atoms with van der Waals surface area (Å²) in [5, 5.41) is 6.78. The van der Waals surface area contributed by atoms with Crippen molar-refractivity contribution < 1.29 is 0 Å². The van der Waals surface area contributed by atoms with Crippen LogP contribution in [0.15, 0.2) is 52.2 Å². The second-order valence-corrected chi connectivity index (χ2v) is 7.18. The fourth-order valence-corrected chi connectivity index (χ4v) is 3.30. The Balaban J connectivity index is 1.93. The van der Waals surface area contributed by atoms with E-state index in [1.807, 2.05) is 23.9 Å². The van der Waals surface area contributed by atoms with Crippen LogP contribution in [0.4, 0.5) is 0 Å². The second kappa shape index (κ2) is 7.68. The molecule has 0 amide bonds. The Hall–Kier alpha value is -1.75. The lowest BCUT2D eigenvalue weighted by Crippen LogP contribution is -2.43. The van der Waals surface area contributed by atoms with E-state index in [-0.39, 0.29) is 5.41 Å². The Bertz CT molecular complexity index is 673. The van der Waals surface area contributed by atoms with Crippen molar-refractivity contribution in [1.29, 1.82) is 0 Å². The zero-order valence-electron chi connectivity index (χ0n) is 14.2. The Morgan fingerprint density at radius 3 is 2.57 bits per heavy atom. The van der Waals surface area contributed by atoms with Crippen LogP contribution in [0.5, 0.6) is 0 Å². The van der Waals surface area contributed by atoms with Gasteiger partial charge in [0.2, 0.25) is 0 Å². The molecule has 2 N–H and O–H groups in total. The van der Waals surface area contributed by atoms with Crippen LogP contribution in [0, 0.1) is 0 Å². The van der Waals surface area contributed by atoms with E-state index in [1.165, 1.54) is 11.1 Å². The molecule has 0 aliphatic rings. The van der Waals surface area contributed by atoms with Gasteiger partial charge in [-0.1, -0.05) is 48.0 Å². The Kier molecular flexibility index (Phi) is 5.88. The van der Waals surface area contributed by atoms with Crippen molar-refractivity contribution in [3.63, 3.8) is 0 Å². The van der Waals surface area contributed by atoms with Crippen LogP contribution >= 0.6 is 15.9 Å². The molecule has 0 radical (unpaired) electrons. The van der Waals surface area contributed by atoms with Gasteiger partial charge in [-0.15, -0.1) is 0 Å². The molecule has 2 aromatic rings. The molecule has 0 bridgehead atoms. The molecule has 0 aliphatic heterocycles. The molecule has 2 rings (SSSR count). The van der Waals surface area contributed by atoms with Gasteiger partial charge in [-0.25, -0.2) is 0 Å². The molecule has 5 heteroatoms. The number of rotatable bonds is 5. The summed E-state index contributed by atoms with van der Waals surface area (Å²) in [6.07, 6.45) is 4.15. The van der Waals surface area contributed by atoms with Crippen LogP contribution in [-0.2, 0) is 19.0 Å². The number of benzene rings is 1. The number of hydrogen-bond acceptors (Lipinski definition) is 1. The average Bonchev–Trinajstić information content (AvgIpc) is 2.93. The molecule has 1 aromatic carbocycles. The van der Waals surface area contributed by atoms with E-state index in [0.717, 1.165) is 23.5 Å². The molecule has 0 atom stereocenters. The number of hydrogen-bond donors (Lipinski definition) is 2. The molecule has 0 fully saturated rings. The maximum absolute atomic E-state index is 4.30. The largest absolute Gasteiger partial charge is 0.357 e. The number of guanidine groups is 1. The maximum atomic E-state index is 4.30. The van der Waals surface area contributed by atoms with E-state index in [4.69, 9.17) is 0 Å². The second-order valence-electron chi connectivity index (χ2n) is 6.33. The van der Waals surface area contributed by atoms with E-state index in [0.29, 0.717) is 0 Å². The molecule has 0 saturated heterocycles. The molecular formula is C18H25BrN4. The van der Waals surface area contributed by atoms with Gasteiger partial charge in [0.25, 0.3) is 0 Å². The topological polar surface area (TPSA) is 41.4 Å². The summed E-state index contributed by atoms with van der Waals surface area (Å²) >= 11 is 3.64. The van der Waals surface area contributed by atoms with Gasteiger partial charge in [-0.3, -0.25) is 4.99 Å². The molecule has 0 aliphatic carbocycles. The highest BCUT2D eigenvalue weighted by molar-refractivity contribution is 9.10. The summed E-state index contributed by atoms with van der Waals surface area (Å²) in [7, 11) is 3.82. The fraction of sp³-hybridized carbons (Fsp3) is 0.389. The fourth-order valence-electron chi connectivity index (χ4n) is 2.48. The first kappa shape index (κ1) is 17.6.